The minimum Gasteiger partial charge on any atom is -0.458 e. The fourth-order valence-electron chi connectivity index (χ4n) is 3.05. The molecule has 5 nitrogen and oxygen atoms in total. The van der Waals surface area contributed by atoms with Crippen molar-refractivity contribution in [2.75, 3.05) is 0 Å². The van der Waals surface area contributed by atoms with E-state index in [0.29, 0.717) is 5.75 Å². The van der Waals surface area contributed by atoms with Crippen LogP contribution in [-0.2, 0) is 19.1 Å². The summed E-state index contributed by atoms with van der Waals surface area (Å²) in [5, 5.41) is 0. The predicted octanol–water partition coefficient (Wildman–Crippen LogP) is 1.35. The molecule has 0 aromatic heterocycles. The molecule has 3 aliphatic rings. The standard InChI is InChI=1S/C15H12O5/c1-8-2-4-9(5-3-8)19-15-7-6-10(20-15)11-12(15)14(17)18-13(11)16/h2-7,10-12H,1H3. The van der Waals surface area contributed by atoms with Crippen LogP contribution in [0.1, 0.15) is 5.56 Å². The van der Waals surface area contributed by atoms with Crippen LogP contribution in [0.2, 0.25) is 0 Å². The lowest BCUT2D eigenvalue weighted by atomic mass is 9.83. The zero-order chi connectivity index (χ0) is 13.9. The molecule has 20 heavy (non-hydrogen) atoms. The van der Waals surface area contributed by atoms with Gasteiger partial charge in [-0.05, 0) is 25.1 Å². The minimum absolute atomic E-state index is 0.440. The highest BCUT2D eigenvalue weighted by Gasteiger charge is 2.69. The number of rotatable bonds is 2. The maximum absolute atomic E-state index is 11.9. The molecule has 0 aliphatic carbocycles. The lowest BCUT2D eigenvalue weighted by Crippen LogP contribution is -2.43. The maximum atomic E-state index is 11.9. The molecule has 1 aromatic rings. The molecule has 3 heterocycles. The van der Waals surface area contributed by atoms with Crippen LogP contribution in [0, 0.1) is 18.8 Å². The van der Waals surface area contributed by atoms with Gasteiger partial charge in [0.15, 0.2) is 0 Å². The largest absolute Gasteiger partial charge is 0.458 e. The summed E-state index contributed by atoms with van der Waals surface area (Å²) in [5.74, 6) is -3.02. The molecule has 0 N–H and O–H groups in total. The zero-order valence-electron chi connectivity index (χ0n) is 10.7. The molecule has 4 unspecified atom stereocenters. The normalized spacial score (nSPS) is 37.1. The summed E-state index contributed by atoms with van der Waals surface area (Å²) in [6.45, 7) is 1.97. The lowest BCUT2D eigenvalue weighted by molar-refractivity contribution is -0.172. The summed E-state index contributed by atoms with van der Waals surface area (Å²) in [6, 6.07) is 7.44. The third-order valence-corrected chi connectivity index (χ3v) is 4.01. The quantitative estimate of drug-likeness (QED) is 0.462. The Hall–Kier alpha value is -2.14. The summed E-state index contributed by atoms with van der Waals surface area (Å²) in [7, 11) is 0. The Balaban J connectivity index is 1.70. The van der Waals surface area contributed by atoms with Gasteiger partial charge in [-0.3, -0.25) is 9.59 Å². The number of hydrogen-bond donors (Lipinski definition) is 0. The zero-order valence-corrected chi connectivity index (χ0v) is 10.7. The first kappa shape index (κ1) is 11.7. The average Bonchev–Trinajstić information content (AvgIpc) is 3.04. The summed E-state index contributed by atoms with van der Waals surface area (Å²) in [4.78, 5) is 23.6. The van der Waals surface area contributed by atoms with E-state index in [9.17, 15) is 9.59 Å². The Morgan fingerprint density at radius 3 is 2.65 bits per heavy atom. The molecule has 3 aliphatic heterocycles. The summed E-state index contributed by atoms with van der Waals surface area (Å²) >= 11 is 0. The van der Waals surface area contributed by atoms with E-state index in [1.807, 2.05) is 31.2 Å². The van der Waals surface area contributed by atoms with Gasteiger partial charge in [-0.15, -0.1) is 0 Å². The molecule has 1 aromatic carbocycles. The SMILES string of the molecule is Cc1ccc(OC23C=CC(O2)C2C(=O)OC(=O)C23)cc1. The first-order valence-corrected chi connectivity index (χ1v) is 6.47. The Bertz CT molecular complexity index is 632. The Labute approximate surface area is 115 Å². The molecule has 5 heteroatoms. The maximum Gasteiger partial charge on any atom is 0.324 e. The number of fused-ring (bicyclic) bond motifs is 5. The van der Waals surface area contributed by atoms with E-state index in [4.69, 9.17) is 14.2 Å². The highest BCUT2D eigenvalue weighted by atomic mass is 16.7. The van der Waals surface area contributed by atoms with E-state index >= 15 is 0 Å². The molecular formula is C15H12O5. The van der Waals surface area contributed by atoms with Crippen molar-refractivity contribution in [2.24, 2.45) is 11.8 Å². The number of hydrogen-bond acceptors (Lipinski definition) is 5. The third-order valence-electron chi connectivity index (χ3n) is 4.01. The van der Waals surface area contributed by atoms with Crippen LogP contribution in [0.3, 0.4) is 0 Å². The fraction of sp³-hybridized carbons (Fsp3) is 0.333. The van der Waals surface area contributed by atoms with Crippen molar-refractivity contribution < 1.29 is 23.8 Å². The first-order valence-electron chi connectivity index (χ1n) is 6.47. The average molecular weight is 272 g/mol. The minimum atomic E-state index is -1.21. The van der Waals surface area contributed by atoms with Gasteiger partial charge in [0, 0.05) is 0 Å². The molecule has 102 valence electrons. The van der Waals surface area contributed by atoms with Gasteiger partial charge in [0.1, 0.15) is 17.6 Å². The van der Waals surface area contributed by atoms with Gasteiger partial charge in [0.2, 0.25) is 5.79 Å². The molecular weight excluding hydrogens is 260 g/mol. The Morgan fingerprint density at radius 2 is 1.90 bits per heavy atom. The molecule has 0 amide bonds. The first-order chi connectivity index (χ1) is 9.59. The predicted molar refractivity (Wildman–Crippen MR) is 66.6 cm³/mol. The van der Waals surface area contributed by atoms with Gasteiger partial charge in [-0.25, -0.2) is 0 Å². The molecule has 0 saturated carbocycles. The van der Waals surface area contributed by atoms with E-state index in [0.717, 1.165) is 5.56 Å². The second-order valence-corrected chi connectivity index (χ2v) is 5.32. The van der Waals surface area contributed by atoms with Gasteiger partial charge in [-0.2, -0.15) is 0 Å². The number of carbonyl (C=O) groups is 2. The van der Waals surface area contributed by atoms with Crippen molar-refractivity contribution >= 4 is 11.9 Å². The molecule has 0 spiro atoms. The van der Waals surface area contributed by atoms with Crippen molar-refractivity contribution in [3.05, 3.63) is 42.0 Å². The second kappa shape index (κ2) is 3.70. The lowest BCUT2D eigenvalue weighted by Gasteiger charge is -2.28. The summed E-state index contributed by atoms with van der Waals surface area (Å²) < 4.78 is 16.3. The van der Waals surface area contributed by atoms with Gasteiger partial charge < -0.3 is 14.2 Å². The van der Waals surface area contributed by atoms with Crippen LogP contribution in [0.15, 0.2) is 36.4 Å². The summed E-state index contributed by atoms with van der Waals surface area (Å²) in [6.07, 6.45) is 3.03. The Kier molecular flexibility index (Phi) is 2.16. The summed E-state index contributed by atoms with van der Waals surface area (Å²) in [5.41, 5.74) is 1.11. The van der Waals surface area contributed by atoms with Crippen molar-refractivity contribution in [3.8, 4) is 5.75 Å². The second-order valence-electron chi connectivity index (χ2n) is 5.32. The molecule has 2 saturated heterocycles. The smallest absolute Gasteiger partial charge is 0.324 e. The van der Waals surface area contributed by atoms with Gasteiger partial charge >= 0.3 is 11.9 Å². The number of cyclic esters (lactones) is 2. The van der Waals surface area contributed by atoms with E-state index in [1.165, 1.54) is 0 Å². The van der Waals surface area contributed by atoms with E-state index < -0.39 is 35.7 Å². The topological polar surface area (TPSA) is 61.8 Å². The molecule has 4 atom stereocenters. The molecule has 0 radical (unpaired) electrons. The number of aryl methyl sites for hydroxylation is 1. The fourth-order valence-corrected chi connectivity index (χ4v) is 3.05. The number of esters is 2. The number of benzene rings is 1. The third kappa shape index (κ3) is 1.41. The van der Waals surface area contributed by atoms with Gasteiger partial charge in [0.25, 0.3) is 0 Å². The van der Waals surface area contributed by atoms with Crippen molar-refractivity contribution in [2.45, 2.75) is 18.8 Å². The van der Waals surface area contributed by atoms with Crippen molar-refractivity contribution in [1.29, 1.82) is 0 Å². The highest BCUT2D eigenvalue weighted by Crippen LogP contribution is 2.51. The number of ether oxygens (including phenoxy) is 3. The number of carbonyl (C=O) groups excluding carboxylic acids is 2. The van der Waals surface area contributed by atoms with Crippen molar-refractivity contribution in [3.63, 3.8) is 0 Å². The van der Waals surface area contributed by atoms with Gasteiger partial charge in [0.05, 0.1) is 6.10 Å². The molecule has 4 rings (SSSR count). The van der Waals surface area contributed by atoms with E-state index in [2.05, 4.69) is 0 Å². The van der Waals surface area contributed by atoms with Crippen LogP contribution in [-0.4, -0.2) is 23.8 Å². The van der Waals surface area contributed by atoms with E-state index in [-0.39, 0.29) is 0 Å². The molecule has 2 fully saturated rings. The monoisotopic (exact) mass is 272 g/mol. The van der Waals surface area contributed by atoms with E-state index in [1.54, 1.807) is 12.2 Å². The Morgan fingerprint density at radius 1 is 1.15 bits per heavy atom. The van der Waals surface area contributed by atoms with Crippen LogP contribution in [0.4, 0.5) is 0 Å². The molecule has 2 bridgehead atoms. The van der Waals surface area contributed by atoms with Gasteiger partial charge in [-0.1, -0.05) is 23.8 Å². The highest BCUT2D eigenvalue weighted by molar-refractivity contribution is 5.98. The van der Waals surface area contributed by atoms with Crippen LogP contribution in [0.25, 0.3) is 0 Å². The van der Waals surface area contributed by atoms with Crippen LogP contribution < -0.4 is 4.74 Å². The van der Waals surface area contributed by atoms with Crippen LogP contribution in [0.5, 0.6) is 5.75 Å². The van der Waals surface area contributed by atoms with Crippen LogP contribution >= 0.6 is 0 Å². The van der Waals surface area contributed by atoms with Crippen molar-refractivity contribution in [1.82, 2.24) is 0 Å².